The zero-order chi connectivity index (χ0) is 16.7. The van der Waals surface area contributed by atoms with E-state index in [1.807, 2.05) is 0 Å². The van der Waals surface area contributed by atoms with Crippen LogP contribution in [0.2, 0.25) is 5.02 Å². The average Bonchev–Trinajstić information content (AvgIpc) is 2.57. The fourth-order valence-corrected chi connectivity index (χ4v) is 2.13. The highest BCUT2D eigenvalue weighted by Gasteiger charge is 2.16. The Balaban J connectivity index is 2.22. The van der Waals surface area contributed by atoms with Crippen LogP contribution in [0.15, 0.2) is 36.5 Å². The fraction of sp³-hybridized carbons (Fsp3) is 0.250. The van der Waals surface area contributed by atoms with E-state index in [1.54, 1.807) is 43.6 Å². The standard InChI is InChI=1S/C16H17ClN2O4/c1-21-9-10-23-14-12(17)6-3-7-13(14)19-15(20)11-5-4-8-18-16(11)22-2/h3-8H,9-10H2,1-2H3,(H,19,20). The molecule has 1 amide bonds. The highest BCUT2D eigenvalue weighted by molar-refractivity contribution is 6.32. The lowest BCUT2D eigenvalue weighted by Gasteiger charge is -2.14. The molecule has 0 saturated carbocycles. The van der Waals surface area contributed by atoms with Gasteiger partial charge in [-0.25, -0.2) is 4.98 Å². The Morgan fingerprint density at radius 2 is 2.04 bits per heavy atom. The number of hydrogen-bond donors (Lipinski definition) is 1. The molecule has 0 unspecified atom stereocenters. The lowest BCUT2D eigenvalue weighted by molar-refractivity contribution is 0.102. The zero-order valence-corrected chi connectivity index (χ0v) is 13.6. The number of para-hydroxylation sites is 1. The van der Waals surface area contributed by atoms with Crippen LogP contribution in [-0.2, 0) is 4.74 Å². The lowest BCUT2D eigenvalue weighted by atomic mass is 10.2. The van der Waals surface area contributed by atoms with Crippen molar-refractivity contribution in [2.24, 2.45) is 0 Å². The van der Waals surface area contributed by atoms with Gasteiger partial charge in [-0.15, -0.1) is 0 Å². The fourth-order valence-electron chi connectivity index (χ4n) is 1.90. The summed E-state index contributed by atoms with van der Waals surface area (Å²) in [6.07, 6.45) is 1.55. The summed E-state index contributed by atoms with van der Waals surface area (Å²) >= 11 is 6.14. The van der Waals surface area contributed by atoms with E-state index in [-0.39, 0.29) is 11.8 Å². The zero-order valence-electron chi connectivity index (χ0n) is 12.8. The van der Waals surface area contributed by atoms with Crippen LogP contribution >= 0.6 is 11.6 Å². The minimum Gasteiger partial charge on any atom is -0.487 e. The van der Waals surface area contributed by atoms with Gasteiger partial charge in [0.25, 0.3) is 5.91 Å². The van der Waals surface area contributed by atoms with Crippen LogP contribution in [0.5, 0.6) is 11.6 Å². The molecule has 0 bridgehead atoms. The van der Waals surface area contributed by atoms with E-state index in [1.165, 1.54) is 7.11 Å². The van der Waals surface area contributed by atoms with Crippen molar-refractivity contribution in [3.05, 3.63) is 47.1 Å². The minimum atomic E-state index is -0.367. The number of hydrogen-bond acceptors (Lipinski definition) is 5. The molecule has 1 aromatic heterocycles. The quantitative estimate of drug-likeness (QED) is 0.787. The third-order valence-corrected chi connectivity index (χ3v) is 3.26. The van der Waals surface area contributed by atoms with E-state index in [0.29, 0.717) is 35.2 Å². The molecule has 1 heterocycles. The first-order chi connectivity index (χ1) is 11.2. The molecule has 1 aromatic carbocycles. The summed E-state index contributed by atoms with van der Waals surface area (Å²) in [5, 5.41) is 3.16. The third-order valence-electron chi connectivity index (χ3n) is 2.96. The molecule has 0 atom stereocenters. The van der Waals surface area contributed by atoms with Crippen molar-refractivity contribution in [3.63, 3.8) is 0 Å². The molecule has 0 fully saturated rings. The van der Waals surface area contributed by atoms with E-state index < -0.39 is 0 Å². The van der Waals surface area contributed by atoms with Crippen LogP contribution < -0.4 is 14.8 Å². The molecule has 23 heavy (non-hydrogen) atoms. The summed E-state index contributed by atoms with van der Waals surface area (Å²) in [5.41, 5.74) is 0.780. The number of carbonyl (C=O) groups is 1. The summed E-state index contributed by atoms with van der Waals surface area (Å²) in [4.78, 5) is 16.4. The molecule has 0 radical (unpaired) electrons. The normalized spacial score (nSPS) is 10.2. The van der Waals surface area contributed by atoms with E-state index in [4.69, 9.17) is 25.8 Å². The largest absolute Gasteiger partial charge is 0.487 e. The smallest absolute Gasteiger partial charge is 0.261 e. The highest BCUT2D eigenvalue weighted by atomic mass is 35.5. The number of carbonyl (C=O) groups excluding carboxylic acids is 1. The number of ether oxygens (including phenoxy) is 3. The van der Waals surface area contributed by atoms with Gasteiger partial charge in [0.05, 0.1) is 24.4 Å². The maximum absolute atomic E-state index is 12.4. The molecule has 1 N–H and O–H groups in total. The van der Waals surface area contributed by atoms with Crippen LogP contribution in [0, 0.1) is 0 Å². The van der Waals surface area contributed by atoms with Crippen molar-refractivity contribution in [2.45, 2.75) is 0 Å². The van der Waals surface area contributed by atoms with Gasteiger partial charge >= 0.3 is 0 Å². The number of rotatable bonds is 7. The van der Waals surface area contributed by atoms with Crippen molar-refractivity contribution in [2.75, 3.05) is 32.8 Å². The first-order valence-corrected chi connectivity index (χ1v) is 7.25. The lowest BCUT2D eigenvalue weighted by Crippen LogP contribution is -2.15. The van der Waals surface area contributed by atoms with Crippen molar-refractivity contribution in [1.29, 1.82) is 0 Å². The van der Waals surface area contributed by atoms with Gasteiger partial charge in [-0.3, -0.25) is 4.79 Å². The monoisotopic (exact) mass is 336 g/mol. The summed E-state index contributed by atoms with van der Waals surface area (Å²) in [6.45, 7) is 0.731. The predicted octanol–water partition coefficient (Wildman–Crippen LogP) is 3.02. The second kappa shape index (κ2) is 8.36. The molecule has 2 rings (SSSR count). The molecule has 0 aliphatic heterocycles. The molecule has 0 spiro atoms. The number of benzene rings is 1. The molecule has 6 nitrogen and oxygen atoms in total. The van der Waals surface area contributed by atoms with Gasteiger partial charge in [0.15, 0.2) is 5.75 Å². The molecule has 0 saturated heterocycles. The first-order valence-electron chi connectivity index (χ1n) is 6.88. The number of methoxy groups -OCH3 is 2. The molecule has 0 aliphatic carbocycles. The maximum Gasteiger partial charge on any atom is 0.261 e. The van der Waals surface area contributed by atoms with Crippen LogP contribution in [0.3, 0.4) is 0 Å². The van der Waals surface area contributed by atoms with Gasteiger partial charge < -0.3 is 19.5 Å². The Morgan fingerprint density at radius 1 is 1.22 bits per heavy atom. The van der Waals surface area contributed by atoms with Crippen molar-refractivity contribution < 1.29 is 19.0 Å². The predicted molar refractivity (Wildman–Crippen MR) is 87.6 cm³/mol. The number of halogens is 1. The number of nitrogens with one attached hydrogen (secondary N) is 1. The second-order valence-electron chi connectivity index (χ2n) is 4.47. The number of nitrogens with zero attached hydrogens (tertiary/aromatic N) is 1. The topological polar surface area (TPSA) is 69.7 Å². The van der Waals surface area contributed by atoms with Crippen LogP contribution in [-0.4, -0.2) is 38.3 Å². The van der Waals surface area contributed by atoms with E-state index in [9.17, 15) is 4.79 Å². The number of amides is 1. The average molecular weight is 337 g/mol. The van der Waals surface area contributed by atoms with Gasteiger partial charge in [0.1, 0.15) is 12.2 Å². The number of aromatic nitrogens is 1. The van der Waals surface area contributed by atoms with Gasteiger partial charge in [-0.1, -0.05) is 17.7 Å². The van der Waals surface area contributed by atoms with Crippen molar-refractivity contribution in [1.82, 2.24) is 4.98 Å². The summed E-state index contributed by atoms with van der Waals surface area (Å²) in [6, 6.07) is 8.39. The van der Waals surface area contributed by atoms with E-state index in [2.05, 4.69) is 10.3 Å². The SMILES string of the molecule is COCCOc1c(Cl)cccc1NC(=O)c1cccnc1OC. The Bertz CT molecular complexity index is 679. The second-order valence-corrected chi connectivity index (χ2v) is 4.88. The molecular formula is C16H17ClN2O4. The highest BCUT2D eigenvalue weighted by Crippen LogP contribution is 2.33. The number of anilines is 1. The molecule has 7 heteroatoms. The first kappa shape index (κ1) is 17.1. The van der Waals surface area contributed by atoms with Gasteiger partial charge in [0.2, 0.25) is 5.88 Å². The Morgan fingerprint density at radius 3 is 2.78 bits per heavy atom. The van der Waals surface area contributed by atoms with Crippen molar-refractivity contribution in [3.8, 4) is 11.6 Å². The Labute approximate surface area is 139 Å². The Hall–Kier alpha value is -2.31. The third kappa shape index (κ3) is 4.34. The molecular weight excluding hydrogens is 320 g/mol. The minimum absolute atomic E-state index is 0.244. The van der Waals surface area contributed by atoms with Gasteiger partial charge in [-0.05, 0) is 24.3 Å². The summed E-state index contributed by atoms with van der Waals surface area (Å²) in [5.74, 6) is 0.269. The maximum atomic E-state index is 12.4. The molecule has 0 aliphatic rings. The van der Waals surface area contributed by atoms with Crippen LogP contribution in [0.25, 0.3) is 0 Å². The summed E-state index contributed by atoms with van der Waals surface area (Å²) < 4.78 is 15.6. The van der Waals surface area contributed by atoms with E-state index in [0.717, 1.165) is 0 Å². The number of pyridine rings is 1. The van der Waals surface area contributed by atoms with E-state index >= 15 is 0 Å². The summed E-state index contributed by atoms with van der Waals surface area (Å²) in [7, 11) is 3.03. The molecule has 122 valence electrons. The molecule has 2 aromatic rings. The Kier molecular flexibility index (Phi) is 6.19. The van der Waals surface area contributed by atoms with Gasteiger partial charge in [-0.2, -0.15) is 0 Å². The van der Waals surface area contributed by atoms with Gasteiger partial charge in [0, 0.05) is 13.3 Å². The van der Waals surface area contributed by atoms with Crippen molar-refractivity contribution >= 4 is 23.2 Å². The van der Waals surface area contributed by atoms with Crippen LogP contribution in [0.4, 0.5) is 5.69 Å². The van der Waals surface area contributed by atoms with Crippen LogP contribution in [0.1, 0.15) is 10.4 Å².